The van der Waals surface area contributed by atoms with Crippen LogP contribution in [-0.2, 0) is 10.3 Å². The first-order valence-corrected chi connectivity index (χ1v) is 5.70. The van der Waals surface area contributed by atoms with Gasteiger partial charge in [-0.3, -0.25) is 0 Å². The molecule has 0 saturated carbocycles. The van der Waals surface area contributed by atoms with E-state index in [0.717, 1.165) is 7.11 Å². The highest BCUT2D eigenvalue weighted by Crippen LogP contribution is 2.45. The first kappa shape index (κ1) is 16.7. The molecule has 0 heterocycles. The Kier molecular flexibility index (Phi) is 4.63. The van der Waals surface area contributed by atoms with Crippen LogP contribution in [0, 0.1) is 0 Å². The smallest absolute Gasteiger partial charge is 0.453 e. The number of halogens is 5. The third-order valence-corrected chi connectivity index (χ3v) is 3.13. The van der Waals surface area contributed by atoms with Crippen molar-refractivity contribution in [2.45, 2.75) is 31.0 Å². The third kappa shape index (κ3) is 3.39. The molecule has 0 spiro atoms. The van der Waals surface area contributed by atoms with E-state index in [4.69, 9.17) is 9.47 Å². The molecule has 0 aliphatic heterocycles. The van der Waals surface area contributed by atoms with Crippen molar-refractivity contribution in [3.05, 3.63) is 29.8 Å². The second-order valence-electron chi connectivity index (χ2n) is 4.54. The number of methoxy groups -OCH3 is 2. The molecule has 0 bridgehead atoms. The zero-order chi connectivity index (χ0) is 15.6. The van der Waals surface area contributed by atoms with Crippen LogP contribution in [0.1, 0.15) is 18.9 Å². The average Bonchev–Trinajstić information content (AvgIpc) is 2.37. The van der Waals surface area contributed by atoms with Gasteiger partial charge in [-0.2, -0.15) is 22.0 Å². The molecular formula is C13H15F5O2. The second-order valence-corrected chi connectivity index (χ2v) is 4.54. The Hall–Kier alpha value is -1.37. The molecule has 0 saturated heterocycles. The second kappa shape index (κ2) is 5.55. The van der Waals surface area contributed by atoms with Gasteiger partial charge in [-0.15, -0.1) is 0 Å². The van der Waals surface area contributed by atoms with E-state index in [1.165, 1.54) is 38.3 Å². The number of hydrogen-bond donors (Lipinski definition) is 0. The highest BCUT2D eigenvalue weighted by Gasteiger charge is 2.60. The van der Waals surface area contributed by atoms with Gasteiger partial charge in [0.1, 0.15) is 5.75 Å². The number of benzene rings is 1. The standard InChI is InChI=1S/C13H15F5O2/c1-11(20-3,8-12(14,15)13(16,17)18)9-4-6-10(19-2)7-5-9/h4-7H,8H2,1-3H3. The summed E-state index contributed by atoms with van der Waals surface area (Å²) in [7, 11) is 2.51. The number of hydrogen-bond acceptors (Lipinski definition) is 2. The highest BCUT2D eigenvalue weighted by atomic mass is 19.4. The van der Waals surface area contributed by atoms with Crippen LogP contribution in [0.5, 0.6) is 5.75 Å². The van der Waals surface area contributed by atoms with Crippen LogP contribution in [0.15, 0.2) is 24.3 Å². The lowest BCUT2D eigenvalue weighted by atomic mass is 9.89. The van der Waals surface area contributed by atoms with Crippen molar-refractivity contribution in [1.82, 2.24) is 0 Å². The summed E-state index contributed by atoms with van der Waals surface area (Å²) in [5, 5.41) is 0. The molecule has 0 aliphatic rings. The summed E-state index contributed by atoms with van der Waals surface area (Å²) in [6.45, 7) is 1.19. The van der Waals surface area contributed by atoms with Gasteiger partial charge in [0, 0.05) is 7.11 Å². The fourth-order valence-electron chi connectivity index (χ4n) is 1.76. The van der Waals surface area contributed by atoms with E-state index >= 15 is 0 Å². The average molecular weight is 298 g/mol. The fourth-order valence-corrected chi connectivity index (χ4v) is 1.76. The summed E-state index contributed by atoms with van der Waals surface area (Å²) >= 11 is 0. The minimum atomic E-state index is -5.61. The van der Waals surface area contributed by atoms with E-state index in [9.17, 15) is 22.0 Å². The van der Waals surface area contributed by atoms with Gasteiger partial charge in [-0.05, 0) is 24.6 Å². The quantitative estimate of drug-likeness (QED) is 0.760. The van der Waals surface area contributed by atoms with E-state index in [1.807, 2.05) is 0 Å². The Morgan fingerprint density at radius 3 is 1.80 bits per heavy atom. The molecule has 0 aliphatic carbocycles. The molecule has 1 aromatic carbocycles. The maximum absolute atomic E-state index is 13.2. The van der Waals surface area contributed by atoms with Crippen LogP contribution < -0.4 is 4.74 Å². The molecule has 1 atom stereocenters. The molecule has 1 aromatic rings. The van der Waals surface area contributed by atoms with Gasteiger partial charge in [0.25, 0.3) is 0 Å². The van der Waals surface area contributed by atoms with Crippen LogP contribution in [0.4, 0.5) is 22.0 Å². The van der Waals surface area contributed by atoms with E-state index < -0.39 is 24.1 Å². The van der Waals surface area contributed by atoms with Crippen molar-refractivity contribution < 1.29 is 31.4 Å². The molecule has 2 nitrogen and oxygen atoms in total. The van der Waals surface area contributed by atoms with E-state index in [1.54, 1.807) is 0 Å². The predicted octanol–water partition coefficient (Wildman–Crippen LogP) is 4.14. The van der Waals surface area contributed by atoms with Crippen molar-refractivity contribution in [1.29, 1.82) is 0 Å². The van der Waals surface area contributed by atoms with Gasteiger partial charge in [0.05, 0.1) is 19.1 Å². The van der Waals surface area contributed by atoms with Crippen molar-refractivity contribution in [2.24, 2.45) is 0 Å². The summed E-state index contributed by atoms with van der Waals surface area (Å²) in [4.78, 5) is 0. The lowest BCUT2D eigenvalue weighted by Crippen LogP contribution is -2.43. The van der Waals surface area contributed by atoms with Crippen molar-refractivity contribution >= 4 is 0 Å². The maximum atomic E-state index is 13.2. The minimum Gasteiger partial charge on any atom is -0.497 e. The molecule has 7 heteroatoms. The Labute approximate surface area is 113 Å². The summed E-state index contributed by atoms with van der Waals surface area (Å²) in [5.74, 6) is -4.37. The molecule has 114 valence electrons. The van der Waals surface area contributed by atoms with E-state index in [-0.39, 0.29) is 5.56 Å². The highest BCUT2D eigenvalue weighted by molar-refractivity contribution is 5.31. The molecule has 0 fully saturated rings. The molecular weight excluding hydrogens is 283 g/mol. The maximum Gasteiger partial charge on any atom is 0.453 e. The molecule has 1 rings (SSSR count). The minimum absolute atomic E-state index is 0.213. The zero-order valence-electron chi connectivity index (χ0n) is 11.2. The fraction of sp³-hybridized carbons (Fsp3) is 0.538. The van der Waals surface area contributed by atoms with Crippen LogP contribution in [0.2, 0.25) is 0 Å². The molecule has 0 radical (unpaired) electrons. The number of alkyl halides is 5. The van der Waals surface area contributed by atoms with Crippen molar-refractivity contribution in [3.63, 3.8) is 0 Å². The first-order valence-electron chi connectivity index (χ1n) is 5.70. The van der Waals surface area contributed by atoms with Crippen LogP contribution in [-0.4, -0.2) is 26.3 Å². The number of ether oxygens (including phenoxy) is 2. The normalized spacial score (nSPS) is 15.8. The molecule has 20 heavy (non-hydrogen) atoms. The zero-order valence-corrected chi connectivity index (χ0v) is 11.2. The lowest BCUT2D eigenvalue weighted by Gasteiger charge is -2.33. The molecule has 0 amide bonds. The number of rotatable bonds is 5. The summed E-state index contributed by atoms with van der Waals surface area (Å²) in [6.07, 6.45) is -7.11. The van der Waals surface area contributed by atoms with Crippen molar-refractivity contribution in [2.75, 3.05) is 14.2 Å². The van der Waals surface area contributed by atoms with E-state index in [0.29, 0.717) is 5.75 Å². The van der Waals surface area contributed by atoms with Gasteiger partial charge >= 0.3 is 12.1 Å². The van der Waals surface area contributed by atoms with Gasteiger partial charge in [-0.25, -0.2) is 0 Å². The third-order valence-electron chi connectivity index (χ3n) is 3.13. The van der Waals surface area contributed by atoms with Crippen molar-refractivity contribution in [3.8, 4) is 5.75 Å². The van der Waals surface area contributed by atoms with Gasteiger partial charge < -0.3 is 9.47 Å². The monoisotopic (exact) mass is 298 g/mol. The summed E-state index contributed by atoms with van der Waals surface area (Å²) < 4.78 is 73.2. The van der Waals surface area contributed by atoms with Crippen LogP contribution in [0.25, 0.3) is 0 Å². The lowest BCUT2D eigenvalue weighted by molar-refractivity contribution is -0.298. The van der Waals surface area contributed by atoms with Gasteiger partial charge in [0.2, 0.25) is 0 Å². The first-order chi connectivity index (χ1) is 9.05. The Bertz CT molecular complexity index is 441. The topological polar surface area (TPSA) is 18.5 Å². The van der Waals surface area contributed by atoms with Crippen LogP contribution >= 0.6 is 0 Å². The Morgan fingerprint density at radius 2 is 1.45 bits per heavy atom. The molecule has 1 unspecified atom stereocenters. The SMILES string of the molecule is COc1ccc(C(C)(CC(F)(F)C(F)(F)F)OC)cc1. The van der Waals surface area contributed by atoms with Crippen LogP contribution in [0.3, 0.4) is 0 Å². The Morgan fingerprint density at radius 1 is 0.950 bits per heavy atom. The summed E-state index contributed by atoms with van der Waals surface area (Å²) in [5.41, 5.74) is -1.55. The molecule has 0 aromatic heterocycles. The van der Waals surface area contributed by atoms with Gasteiger partial charge in [-0.1, -0.05) is 12.1 Å². The van der Waals surface area contributed by atoms with Gasteiger partial charge in [0.15, 0.2) is 0 Å². The predicted molar refractivity (Wildman–Crippen MR) is 63.0 cm³/mol. The molecule has 0 N–H and O–H groups in total. The van der Waals surface area contributed by atoms with E-state index in [2.05, 4.69) is 0 Å². The summed E-state index contributed by atoms with van der Waals surface area (Å²) in [6, 6.07) is 5.74. The Balaban J connectivity index is 3.08. The largest absolute Gasteiger partial charge is 0.497 e.